The van der Waals surface area contributed by atoms with Gasteiger partial charge in [0.15, 0.2) is 17.5 Å². The number of hydrogen-bond donors (Lipinski definition) is 1. The van der Waals surface area contributed by atoms with Gasteiger partial charge in [0.1, 0.15) is 0 Å². The Morgan fingerprint density at radius 2 is 1.57 bits per heavy atom. The topological polar surface area (TPSA) is 26.0 Å². The van der Waals surface area contributed by atoms with Crippen LogP contribution in [-0.4, -0.2) is 6.04 Å². The van der Waals surface area contributed by atoms with Crippen molar-refractivity contribution in [2.45, 2.75) is 24.8 Å². The lowest BCUT2D eigenvalue weighted by molar-refractivity contribution is 0.346. The van der Waals surface area contributed by atoms with Gasteiger partial charge in [-0.15, -0.1) is 0 Å². The third kappa shape index (κ3) is 1.50. The highest BCUT2D eigenvalue weighted by atomic mass is 19.2. The van der Waals surface area contributed by atoms with Crippen molar-refractivity contribution in [3.8, 4) is 0 Å². The molecule has 0 saturated heterocycles. The Labute approximate surface area is 79.7 Å². The summed E-state index contributed by atoms with van der Waals surface area (Å²) in [5.41, 5.74) is 6.05. The van der Waals surface area contributed by atoms with E-state index in [9.17, 15) is 13.2 Å². The van der Waals surface area contributed by atoms with Crippen LogP contribution in [0.5, 0.6) is 0 Å². The maximum atomic E-state index is 12.8. The summed E-state index contributed by atoms with van der Waals surface area (Å²) in [6.07, 6.45) is 1.43. The van der Waals surface area contributed by atoms with E-state index in [-0.39, 0.29) is 12.0 Å². The molecule has 1 nitrogen and oxygen atoms in total. The molecular weight excluding hydrogens is 191 g/mol. The highest BCUT2D eigenvalue weighted by molar-refractivity contribution is 5.25. The first-order chi connectivity index (χ1) is 6.58. The number of halogens is 3. The second-order valence-electron chi connectivity index (χ2n) is 3.73. The van der Waals surface area contributed by atoms with E-state index in [1.54, 1.807) is 0 Å². The minimum atomic E-state index is -1.41. The first-order valence-corrected chi connectivity index (χ1v) is 4.48. The first kappa shape index (κ1) is 9.52. The Morgan fingerprint density at radius 3 is 2.00 bits per heavy atom. The summed E-state index contributed by atoms with van der Waals surface area (Å²) >= 11 is 0. The van der Waals surface area contributed by atoms with Crippen LogP contribution in [0.2, 0.25) is 0 Å². The molecule has 0 atom stereocenters. The van der Waals surface area contributed by atoms with E-state index >= 15 is 0 Å². The SMILES string of the molecule is NC1CC(c2cc(F)c(F)c(F)c2)C1. The second kappa shape index (κ2) is 3.28. The Kier molecular flexibility index (Phi) is 2.23. The zero-order chi connectivity index (χ0) is 10.3. The standard InChI is InChI=1S/C10H10F3N/c11-8-3-6(4-9(12)10(8)13)5-1-7(14)2-5/h3-5,7H,1-2,14H2. The van der Waals surface area contributed by atoms with Crippen LogP contribution in [-0.2, 0) is 0 Å². The van der Waals surface area contributed by atoms with Crippen LogP contribution >= 0.6 is 0 Å². The van der Waals surface area contributed by atoms with E-state index in [1.165, 1.54) is 0 Å². The summed E-state index contributed by atoms with van der Waals surface area (Å²) in [5.74, 6) is -3.58. The number of nitrogens with two attached hydrogens (primary N) is 1. The van der Waals surface area contributed by atoms with E-state index < -0.39 is 17.5 Å². The molecule has 0 heterocycles. The highest BCUT2D eigenvalue weighted by Gasteiger charge is 2.28. The zero-order valence-electron chi connectivity index (χ0n) is 7.43. The molecule has 1 aromatic carbocycles. The lowest BCUT2D eigenvalue weighted by Crippen LogP contribution is -2.34. The minimum absolute atomic E-state index is 0.0783. The molecule has 76 valence electrons. The number of rotatable bonds is 1. The smallest absolute Gasteiger partial charge is 0.194 e. The largest absolute Gasteiger partial charge is 0.328 e. The van der Waals surface area contributed by atoms with Crippen LogP contribution in [0.15, 0.2) is 12.1 Å². The molecule has 0 bridgehead atoms. The van der Waals surface area contributed by atoms with E-state index in [0.29, 0.717) is 18.4 Å². The summed E-state index contributed by atoms with van der Waals surface area (Å²) in [7, 11) is 0. The van der Waals surface area contributed by atoms with Crippen molar-refractivity contribution in [3.63, 3.8) is 0 Å². The molecule has 0 spiro atoms. The van der Waals surface area contributed by atoms with Gasteiger partial charge in [0.2, 0.25) is 0 Å². The Morgan fingerprint density at radius 1 is 1.07 bits per heavy atom. The Hall–Kier alpha value is -1.03. The van der Waals surface area contributed by atoms with E-state index in [1.807, 2.05) is 0 Å². The summed E-state index contributed by atoms with van der Waals surface area (Å²) in [6, 6.07) is 2.21. The lowest BCUT2D eigenvalue weighted by Gasteiger charge is -2.32. The molecule has 2 rings (SSSR count). The second-order valence-corrected chi connectivity index (χ2v) is 3.73. The fraction of sp³-hybridized carbons (Fsp3) is 0.400. The van der Waals surface area contributed by atoms with Crippen molar-refractivity contribution in [1.29, 1.82) is 0 Å². The van der Waals surface area contributed by atoms with Crippen LogP contribution in [0.25, 0.3) is 0 Å². The maximum absolute atomic E-state index is 12.8. The van der Waals surface area contributed by atoms with Crippen molar-refractivity contribution in [2.75, 3.05) is 0 Å². The van der Waals surface area contributed by atoms with Gasteiger partial charge in [-0.05, 0) is 36.5 Å². The number of benzene rings is 1. The Bertz CT molecular complexity index is 335. The average Bonchev–Trinajstić information content (AvgIpc) is 2.08. The molecule has 1 fully saturated rings. The van der Waals surface area contributed by atoms with Crippen LogP contribution in [0.3, 0.4) is 0 Å². The molecule has 0 aromatic heterocycles. The summed E-state index contributed by atoms with van der Waals surface area (Å²) in [5, 5.41) is 0. The molecule has 1 saturated carbocycles. The van der Waals surface area contributed by atoms with Gasteiger partial charge in [0.25, 0.3) is 0 Å². The van der Waals surface area contributed by atoms with Gasteiger partial charge in [-0.2, -0.15) is 0 Å². The van der Waals surface area contributed by atoms with Crippen LogP contribution in [0, 0.1) is 17.5 Å². The van der Waals surface area contributed by atoms with Gasteiger partial charge < -0.3 is 5.73 Å². The summed E-state index contributed by atoms with van der Waals surface area (Å²) in [6.45, 7) is 0. The monoisotopic (exact) mass is 201 g/mol. The predicted molar refractivity (Wildman–Crippen MR) is 46.3 cm³/mol. The lowest BCUT2D eigenvalue weighted by atomic mass is 9.76. The number of hydrogen-bond acceptors (Lipinski definition) is 1. The van der Waals surface area contributed by atoms with E-state index in [4.69, 9.17) is 5.73 Å². The quantitative estimate of drug-likeness (QED) is 0.693. The molecule has 0 unspecified atom stereocenters. The van der Waals surface area contributed by atoms with E-state index in [2.05, 4.69) is 0 Å². The van der Waals surface area contributed by atoms with E-state index in [0.717, 1.165) is 12.1 Å². The summed E-state index contributed by atoms with van der Waals surface area (Å²) < 4.78 is 38.2. The molecule has 1 aliphatic carbocycles. The third-order valence-corrected chi connectivity index (χ3v) is 2.65. The third-order valence-electron chi connectivity index (χ3n) is 2.65. The zero-order valence-corrected chi connectivity index (χ0v) is 7.43. The van der Waals surface area contributed by atoms with Crippen LogP contribution < -0.4 is 5.73 Å². The highest BCUT2D eigenvalue weighted by Crippen LogP contribution is 2.36. The van der Waals surface area contributed by atoms with Crippen molar-refractivity contribution in [2.24, 2.45) is 5.73 Å². The molecule has 2 N–H and O–H groups in total. The van der Waals surface area contributed by atoms with Gasteiger partial charge in [-0.25, -0.2) is 13.2 Å². The molecule has 1 aromatic rings. The molecule has 14 heavy (non-hydrogen) atoms. The van der Waals surface area contributed by atoms with Crippen LogP contribution in [0.4, 0.5) is 13.2 Å². The van der Waals surface area contributed by atoms with Gasteiger partial charge >= 0.3 is 0 Å². The Balaban J connectivity index is 2.27. The molecular formula is C10H10F3N. The van der Waals surface area contributed by atoms with Gasteiger partial charge in [0.05, 0.1) is 0 Å². The molecule has 0 amide bonds. The van der Waals surface area contributed by atoms with Crippen LogP contribution in [0.1, 0.15) is 24.3 Å². The summed E-state index contributed by atoms with van der Waals surface area (Å²) in [4.78, 5) is 0. The van der Waals surface area contributed by atoms with Gasteiger partial charge in [-0.1, -0.05) is 0 Å². The van der Waals surface area contributed by atoms with Crippen molar-refractivity contribution >= 4 is 0 Å². The van der Waals surface area contributed by atoms with Crippen molar-refractivity contribution in [1.82, 2.24) is 0 Å². The maximum Gasteiger partial charge on any atom is 0.194 e. The first-order valence-electron chi connectivity index (χ1n) is 4.48. The molecule has 4 heteroatoms. The average molecular weight is 201 g/mol. The van der Waals surface area contributed by atoms with Gasteiger partial charge in [0, 0.05) is 6.04 Å². The molecule has 0 aliphatic heterocycles. The van der Waals surface area contributed by atoms with Crippen molar-refractivity contribution in [3.05, 3.63) is 35.1 Å². The molecule has 1 aliphatic rings. The fourth-order valence-corrected chi connectivity index (χ4v) is 1.74. The predicted octanol–water partition coefficient (Wildman–Crippen LogP) is 2.31. The normalized spacial score (nSPS) is 26.0. The van der Waals surface area contributed by atoms with Crippen molar-refractivity contribution < 1.29 is 13.2 Å². The fourth-order valence-electron chi connectivity index (χ4n) is 1.74. The minimum Gasteiger partial charge on any atom is -0.328 e. The molecule has 0 radical (unpaired) electrons. The van der Waals surface area contributed by atoms with Gasteiger partial charge in [-0.3, -0.25) is 0 Å².